The minimum absolute atomic E-state index is 0. The summed E-state index contributed by atoms with van der Waals surface area (Å²) < 4.78 is 0. The van der Waals surface area contributed by atoms with Gasteiger partial charge in [0, 0.05) is 34.2 Å². The molecule has 9 heavy (non-hydrogen) atoms. The normalized spacial score (nSPS) is 7.78. The topological polar surface area (TPSA) is 20.3 Å². The molecule has 0 aliphatic rings. The first-order valence-electron chi connectivity index (χ1n) is 2.83. The second kappa shape index (κ2) is 6.15. The van der Waals surface area contributed by atoms with E-state index in [0.717, 1.165) is 13.1 Å². The number of carbonyl (C=O) groups is 1. The molecule has 1 amide bonds. The number of carbonyl (C=O) groups excluding carboxylic acids is 1. The van der Waals surface area contributed by atoms with Crippen molar-refractivity contribution in [2.45, 2.75) is 13.8 Å². The van der Waals surface area contributed by atoms with Crippen molar-refractivity contribution in [2.24, 2.45) is 0 Å². The first kappa shape index (κ1) is 11.8. The molecule has 0 rings (SSSR count). The Morgan fingerprint density at radius 2 is 1.78 bits per heavy atom. The molecule has 0 saturated heterocycles. The van der Waals surface area contributed by atoms with Gasteiger partial charge in [0.05, 0.1) is 5.91 Å². The van der Waals surface area contributed by atoms with E-state index in [0.29, 0.717) is 0 Å². The van der Waals surface area contributed by atoms with E-state index >= 15 is 0 Å². The monoisotopic (exact) mass is 298 g/mol. The summed E-state index contributed by atoms with van der Waals surface area (Å²) in [6, 6.07) is 0. The maximum Gasteiger partial charge on any atom is 0.0822 e. The van der Waals surface area contributed by atoms with E-state index in [1.807, 2.05) is 13.8 Å². The number of hydrogen-bond donors (Lipinski definition) is 0. The van der Waals surface area contributed by atoms with Gasteiger partial charge in [0.1, 0.15) is 0 Å². The molecular formula is C6H12NOW-. The maximum atomic E-state index is 10.4. The zero-order valence-electron chi connectivity index (χ0n) is 5.89. The van der Waals surface area contributed by atoms with Crippen molar-refractivity contribution in [3.63, 3.8) is 0 Å². The van der Waals surface area contributed by atoms with Gasteiger partial charge in [-0.15, -0.1) is 0 Å². The van der Waals surface area contributed by atoms with E-state index in [-0.39, 0.29) is 27.0 Å². The van der Waals surface area contributed by atoms with Gasteiger partial charge in [-0.3, -0.25) is 0 Å². The van der Waals surface area contributed by atoms with Crippen LogP contribution in [0.1, 0.15) is 13.8 Å². The van der Waals surface area contributed by atoms with Crippen molar-refractivity contribution in [3.8, 4) is 0 Å². The standard InChI is InChI=1S/C6H12NO.W/c1-4-7(5-2)6(3)8;/h3-5H2,1-2H3;/q-1;. The van der Waals surface area contributed by atoms with Crippen molar-refractivity contribution in [1.82, 2.24) is 4.90 Å². The summed E-state index contributed by atoms with van der Waals surface area (Å²) in [6.45, 7) is 8.67. The average molecular weight is 298 g/mol. The van der Waals surface area contributed by atoms with Gasteiger partial charge < -0.3 is 16.6 Å². The first-order valence-corrected chi connectivity index (χ1v) is 2.83. The van der Waals surface area contributed by atoms with Crippen molar-refractivity contribution >= 4 is 5.91 Å². The molecule has 0 atom stereocenters. The summed E-state index contributed by atoms with van der Waals surface area (Å²) >= 11 is 0. The Hall–Kier alpha value is 0.0283. The van der Waals surface area contributed by atoms with Gasteiger partial charge in [-0.1, -0.05) is 0 Å². The maximum absolute atomic E-state index is 10.4. The zero-order chi connectivity index (χ0) is 6.57. The predicted octanol–water partition coefficient (Wildman–Crippen LogP) is 0.686. The zero-order valence-corrected chi connectivity index (χ0v) is 8.82. The Balaban J connectivity index is 0. The number of hydrogen-bond acceptors (Lipinski definition) is 1. The van der Waals surface area contributed by atoms with Gasteiger partial charge in [-0.05, 0) is 13.8 Å². The summed E-state index contributed by atoms with van der Waals surface area (Å²) in [5, 5.41) is 0. The molecule has 0 heterocycles. The van der Waals surface area contributed by atoms with Crippen LogP contribution in [-0.4, -0.2) is 23.9 Å². The van der Waals surface area contributed by atoms with Crippen LogP contribution in [0, 0.1) is 6.92 Å². The van der Waals surface area contributed by atoms with Crippen LogP contribution in [0.2, 0.25) is 0 Å². The molecule has 2 nitrogen and oxygen atoms in total. The van der Waals surface area contributed by atoms with E-state index in [9.17, 15) is 4.79 Å². The van der Waals surface area contributed by atoms with Gasteiger partial charge in [0.25, 0.3) is 0 Å². The summed E-state index contributed by atoms with van der Waals surface area (Å²) in [4.78, 5) is 12.1. The van der Waals surface area contributed by atoms with Gasteiger partial charge in [0.2, 0.25) is 0 Å². The molecule has 0 aliphatic heterocycles. The first-order chi connectivity index (χ1) is 3.72. The minimum Gasteiger partial charge on any atom is -0.368 e. The predicted molar refractivity (Wildman–Crippen MR) is 33.3 cm³/mol. The molecule has 0 aromatic rings. The summed E-state index contributed by atoms with van der Waals surface area (Å²) in [7, 11) is 0. The molecule has 0 spiro atoms. The van der Waals surface area contributed by atoms with Crippen molar-refractivity contribution < 1.29 is 25.9 Å². The molecule has 0 aromatic carbocycles. The van der Waals surface area contributed by atoms with Crippen LogP contribution in [0.5, 0.6) is 0 Å². The van der Waals surface area contributed by atoms with E-state index in [2.05, 4.69) is 6.92 Å². The SMILES string of the molecule is [CH2-]C(=O)N(CC)CC.[W]. The van der Waals surface area contributed by atoms with Crippen LogP contribution in [0.3, 0.4) is 0 Å². The molecule has 3 heteroatoms. The van der Waals surface area contributed by atoms with Crippen molar-refractivity contribution in [2.75, 3.05) is 13.1 Å². The molecule has 0 bridgehead atoms. The second-order valence-corrected chi connectivity index (χ2v) is 1.57. The van der Waals surface area contributed by atoms with E-state index < -0.39 is 0 Å². The summed E-state index contributed by atoms with van der Waals surface area (Å²) in [6.07, 6.45) is 0. The average Bonchev–Trinajstić information content (AvgIpc) is 1.69. The minimum atomic E-state index is -0.0880. The Morgan fingerprint density at radius 1 is 1.44 bits per heavy atom. The second-order valence-electron chi connectivity index (χ2n) is 1.57. The van der Waals surface area contributed by atoms with E-state index in [1.165, 1.54) is 0 Å². The van der Waals surface area contributed by atoms with Crippen LogP contribution in [0.4, 0.5) is 0 Å². The third-order valence-corrected chi connectivity index (χ3v) is 1.12. The Kier molecular flexibility index (Phi) is 8.05. The van der Waals surface area contributed by atoms with E-state index in [4.69, 9.17) is 0 Å². The fraction of sp³-hybridized carbons (Fsp3) is 0.667. The molecular weight excluding hydrogens is 286 g/mol. The van der Waals surface area contributed by atoms with Crippen molar-refractivity contribution in [1.29, 1.82) is 0 Å². The Bertz CT molecular complexity index is 81.1. The van der Waals surface area contributed by atoms with Gasteiger partial charge in [-0.2, -0.15) is 0 Å². The largest absolute Gasteiger partial charge is 0.368 e. The summed E-state index contributed by atoms with van der Waals surface area (Å²) in [5.41, 5.74) is 0. The third-order valence-electron chi connectivity index (χ3n) is 1.12. The van der Waals surface area contributed by atoms with Crippen LogP contribution in [0.25, 0.3) is 0 Å². The fourth-order valence-corrected chi connectivity index (χ4v) is 0.576. The van der Waals surface area contributed by atoms with Crippen LogP contribution >= 0.6 is 0 Å². The van der Waals surface area contributed by atoms with Crippen LogP contribution in [0.15, 0.2) is 0 Å². The molecule has 0 N–H and O–H groups in total. The van der Waals surface area contributed by atoms with Gasteiger partial charge >= 0.3 is 0 Å². The van der Waals surface area contributed by atoms with Crippen LogP contribution < -0.4 is 0 Å². The van der Waals surface area contributed by atoms with Crippen LogP contribution in [-0.2, 0) is 25.9 Å². The number of nitrogens with zero attached hydrogens (tertiary/aromatic N) is 1. The molecule has 0 radical (unpaired) electrons. The third kappa shape index (κ3) is 4.53. The molecule has 0 fully saturated rings. The molecule has 0 aliphatic carbocycles. The summed E-state index contributed by atoms with van der Waals surface area (Å²) in [5.74, 6) is -0.0880. The Morgan fingerprint density at radius 3 is 1.78 bits per heavy atom. The molecule has 54 valence electrons. The van der Waals surface area contributed by atoms with E-state index in [1.54, 1.807) is 4.90 Å². The van der Waals surface area contributed by atoms with Crippen molar-refractivity contribution in [3.05, 3.63) is 6.92 Å². The smallest absolute Gasteiger partial charge is 0.0822 e. The van der Waals surface area contributed by atoms with Gasteiger partial charge in [0.15, 0.2) is 0 Å². The molecule has 0 unspecified atom stereocenters. The number of amides is 1. The molecule has 0 aromatic heterocycles. The number of rotatable bonds is 2. The molecule has 0 saturated carbocycles. The quantitative estimate of drug-likeness (QED) is 0.687. The fourth-order valence-electron chi connectivity index (χ4n) is 0.576. The van der Waals surface area contributed by atoms with Gasteiger partial charge in [-0.25, -0.2) is 0 Å². The Labute approximate surface area is 70.9 Å².